The summed E-state index contributed by atoms with van der Waals surface area (Å²) in [5, 5.41) is 3.79. The number of halogens is 2. The van der Waals surface area contributed by atoms with E-state index in [-0.39, 0.29) is 29.9 Å². The fourth-order valence-corrected chi connectivity index (χ4v) is 4.08. The van der Waals surface area contributed by atoms with Gasteiger partial charge in [-0.1, -0.05) is 41.9 Å². The molecule has 0 bridgehead atoms. The van der Waals surface area contributed by atoms with Gasteiger partial charge in [-0.3, -0.25) is 14.5 Å². The zero-order chi connectivity index (χ0) is 23.7. The van der Waals surface area contributed by atoms with Crippen LogP contribution in [0.3, 0.4) is 0 Å². The molecular weight excluding hydrogens is 439 g/mol. The van der Waals surface area contributed by atoms with Crippen molar-refractivity contribution in [2.24, 2.45) is 0 Å². The van der Waals surface area contributed by atoms with Crippen LogP contribution in [0.5, 0.6) is 0 Å². The highest BCUT2D eigenvalue weighted by atomic mass is 35.5. The lowest BCUT2D eigenvalue weighted by Gasteiger charge is -2.16. The van der Waals surface area contributed by atoms with Gasteiger partial charge in [-0.25, -0.2) is 4.39 Å². The zero-order valence-corrected chi connectivity index (χ0v) is 19.5. The van der Waals surface area contributed by atoms with Gasteiger partial charge in [0, 0.05) is 17.3 Å². The van der Waals surface area contributed by atoms with Crippen molar-refractivity contribution >= 4 is 34.7 Å². The van der Waals surface area contributed by atoms with E-state index in [1.54, 1.807) is 30.3 Å². The van der Waals surface area contributed by atoms with Crippen molar-refractivity contribution in [1.29, 1.82) is 0 Å². The quantitative estimate of drug-likeness (QED) is 0.468. The van der Waals surface area contributed by atoms with Crippen molar-refractivity contribution in [3.05, 3.63) is 105 Å². The number of hydrogen-bond acceptors (Lipinski definition) is 3. The van der Waals surface area contributed by atoms with Crippen LogP contribution in [0.4, 0.5) is 10.1 Å². The molecule has 3 aromatic carbocycles. The minimum Gasteiger partial charge on any atom is -0.350 e. The van der Waals surface area contributed by atoms with E-state index >= 15 is 0 Å². The summed E-state index contributed by atoms with van der Waals surface area (Å²) in [6, 6.07) is 17.1. The highest BCUT2D eigenvalue weighted by Crippen LogP contribution is 2.32. The van der Waals surface area contributed by atoms with Crippen LogP contribution in [-0.4, -0.2) is 23.3 Å². The van der Waals surface area contributed by atoms with Gasteiger partial charge >= 0.3 is 0 Å². The molecule has 0 radical (unpaired) electrons. The number of anilines is 1. The second-order valence-corrected chi connectivity index (χ2v) is 8.71. The number of rotatable bonds is 6. The maximum Gasteiger partial charge on any atom is 0.278 e. The molecule has 4 rings (SSSR count). The van der Waals surface area contributed by atoms with E-state index < -0.39 is 0 Å². The number of nitrogens with one attached hydrogen (secondary N) is 1. The molecule has 0 atom stereocenters. The standard InChI is InChI=1S/C27H24ClFN2O2/c1-16-4-7-20(14-17(16)2)24-25(30-23-11-8-21(28)15-18(23)3)27(33)31(26(24)32)13-12-19-5-9-22(29)10-6-19/h4-11,14-15,30H,12-13H2,1-3H3. The maximum absolute atomic E-state index is 13.5. The van der Waals surface area contributed by atoms with Gasteiger partial charge in [-0.15, -0.1) is 0 Å². The van der Waals surface area contributed by atoms with Crippen LogP contribution in [0.1, 0.15) is 27.8 Å². The van der Waals surface area contributed by atoms with Crippen molar-refractivity contribution in [3.8, 4) is 0 Å². The summed E-state index contributed by atoms with van der Waals surface area (Å²) >= 11 is 6.08. The molecule has 0 saturated heterocycles. The van der Waals surface area contributed by atoms with Crippen LogP contribution in [0.25, 0.3) is 5.57 Å². The Kier molecular flexibility index (Phi) is 6.34. The Labute approximate surface area is 197 Å². The van der Waals surface area contributed by atoms with Crippen LogP contribution in [0.15, 0.2) is 66.4 Å². The number of amides is 2. The highest BCUT2D eigenvalue weighted by Gasteiger charge is 2.39. The highest BCUT2D eigenvalue weighted by molar-refractivity contribution is 6.36. The SMILES string of the molecule is Cc1ccc(C2=C(Nc3ccc(Cl)cc3C)C(=O)N(CCc3ccc(F)cc3)C2=O)cc1C. The summed E-state index contributed by atoms with van der Waals surface area (Å²) in [6.45, 7) is 6.06. The van der Waals surface area contributed by atoms with Crippen LogP contribution in [0.2, 0.25) is 5.02 Å². The lowest BCUT2D eigenvalue weighted by atomic mass is 9.99. The third-order valence-electron chi connectivity index (χ3n) is 5.95. The van der Waals surface area contributed by atoms with E-state index in [0.717, 1.165) is 22.3 Å². The van der Waals surface area contributed by atoms with E-state index in [0.29, 0.717) is 28.3 Å². The maximum atomic E-state index is 13.5. The first-order chi connectivity index (χ1) is 15.7. The van der Waals surface area contributed by atoms with E-state index in [2.05, 4.69) is 5.32 Å². The topological polar surface area (TPSA) is 49.4 Å². The predicted molar refractivity (Wildman–Crippen MR) is 129 cm³/mol. The molecule has 6 heteroatoms. The molecule has 1 aliphatic rings. The second kappa shape index (κ2) is 9.20. The van der Waals surface area contributed by atoms with Gasteiger partial charge in [0.1, 0.15) is 11.5 Å². The summed E-state index contributed by atoms with van der Waals surface area (Å²) in [7, 11) is 0. The third-order valence-corrected chi connectivity index (χ3v) is 6.18. The van der Waals surface area contributed by atoms with Gasteiger partial charge in [0.15, 0.2) is 0 Å². The summed E-state index contributed by atoms with van der Waals surface area (Å²) < 4.78 is 13.2. The molecule has 1 aliphatic heterocycles. The Balaban J connectivity index is 1.70. The van der Waals surface area contributed by atoms with Gasteiger partial charge in [-0.05, 0) is 85.3 Å². The molecule has 33 heavy (non-hydrogen) atoms. The fraction of sp³-hybridized carbons (Fsp3) is 0.185. The number of carbonyl (C=O) groups excluding carboxylic acids is 2. The summed E-state index contributed by atoms with van der Waals surface area (Å²) in [4.78, 5) is 28.1. The van der Waals surface area contributed by atoms with Gasteiger partial charge in [0.2, 0.25) is 0 Å². The average molecular weight is 463 g/mol. The number of imide groups is 1. The summed E-state index contributed by atoms with van der Waals surface area (Å²) in [5.41, 5.74) is 5.83. The van der Waals surface area contributed by atoms with Gasteiger partial charge < -0.3 is 5.32 Å². The van der Waals surface area contributed by atoms with Crippen LogP contribution in [0, 0.1) is 26.6 Å². The minimum absolute atomic E-state index is 0.197. The Morgan fingerprint density at radius 1 is 0.848 bits per heavy atom. The molecule has 0 saturated carbocycles. The molecule has 0 spiro atoms. The van der Waals surface area contributed by atoms with Gasteiger partial charge in [-0.2, -0.15) is 0 Å². The second-order valence-electron chi connectivity index (χ2n) is 8.27. The molecule has 0 unspecified atom stereocenters. The fourth-order valence-electron chi connectivity index (χ4n) is 3.85. The van der Waals surface area contributed by atoms with Crippen molar-refractivity contribution in [1.82, 2.24) is 4.90 Å². The number of nitrogens with zero attached hydrogens (tertiary/aromatic N) is 1. The molecule has 4 nitrogen and oxygen atoms in total. The number of carbonyl (C=O) groups is 2. The van der Waals surface area contributed by atoms with Crippen molar-refractivity contribution in [2.45, 2.75) is 27.2 Å². The molecule has 0 aliphatic carbocycles. The zero-order valence-electron chi connectivity index (χ0n) is 18.7. The first-order valence-electron chi connectivity index (χ1n) is 10.7. The molecular formula is C27H24ClFN2O2. The Morgan fingerprint density at radius 2 is 1.58 bits per heavy atom. The molecule has 0 aromatic heterocycles. The van der Waals surface area contributed by atoms with Crippen LogP contribution in [-0.2, 0) is 16.0 Å². The minimum atomic E-state index is -0.385. The van der Waals surface area contributed by atoms with Gasteiger partial charge in [0.25, 0.3) is 11.8 Å². The largest absolute Gasteiger partial charge is 0.350 e. The molecule has 3 aromatic rings. The molecule has 1 heterocycles. The Bertz CT molecular complexity index is 1280. The first-order valence-corrected chi connectivity index (χ1v) is 11.1. The third kappa shape index (κ3) is 4.69. The van der Waals surface area contributed by atoms with Crippen molar-refractivity contribution < 1.29 is 14.0 Å². The number of aryl methyl sites for hydroxylation is 3. The smallest absolute Gasteiger partial charge is 0.278 e. The molecule has 1 N–H and O–H groups in total. The average Bonchev–Trinajstić information content (AvgIpc) is 3.01. The monoisotopic (exact) mass is 462 g/mol. The van der Waals surface area contributed by atoms with E-state index in [4.69, 9.17) is 11.6 Å². The predicted octanol–water partition coefficient (Wildman–Crippen LogP) is 5.84. The Hall–Kier alpha value is -3.44. The summed E-state index contributed by atoms with van der Waals surface area (Å²) in [6.07, 6.45) is 0.436. The van der Waals surface area contributed by atoms with Gasteiger partial charge in [0.05, 0.1) is 5.57 Å². The van der Waals surface area contributed by atoms with Crippen molar-refractivity contribution in [2.75, 3.05) is 11.9 Å². The lowest BCUT2D eigenvalue weighted by Crippen LogP contribution is -2.34. The van der Waals surface area contributed by atoms with E-state index in [1.807, 2.05) is 39.0 Å². The van der Waals surface area contributed by atoms with E-state index in [9.17, 15) is 14.0 Å². The normalized spacial score (nSPS) is 13.8. The number of benzene rings is 3. The number of hydrogen-bond donors (Lipinski definition) is 1. The van der Waals surface area contributed by atoms with Crippen LogP contribution >= 0.6 is 11.6 Å². The lowest BCUT2D eigenvalue weighted by molar-refractivity contribution is -0.136. The molecule has 168 valence electrons. The van der Waals surface area contributed by atoms with Crippen LogP contribution < -0.4 is 5.32 Å². The summed E-state index contributed by atoms with van der Waals surface area (Å²) in [5.74, 6) is -1.06. The first kappa shape index (κ1) is 22.7. The van der Waals surface area contributed by atoms with Crippen molar-refractivity contribution in [3.63, 3.8) is 0 Å². The molecule has 2 amide bonds. The van der Waals surface area contributed by atoms with E-state index in [1.165, 1.54) is 17.0 Å². The molecule has 0 fully saturated rings. The Morgan fingerprint density at radius 3 is 2.24 bits per heavy atom.